The monoisotopic (exact) mass is 221 g/mol. The van der Waals surface area contributed by atoms with Gasteiger partial charge < -0.3 is 10.6 Å². The molecule has 3 nitrogen and oxygen atoms in total. The van der Waals surface area contributed by atoms with Crippen LogP contribution in [0.4, 0.5) is 5.82 Å². The van der Waals surface area contributed by atoms with Crippen LogP contribution in [0.1, 0.15) is 45.7 Å². The molecule has 16 heavy (non-hydrogen) atoms. The fourth-order valence-electron chi connectivity index (χ4n) is 1.75. The molecule has 0 saturated heterocycles. The average molecular weight is 221 g/mol. The SMILES string of the molecule is CCCN(c1cc([C@H](C)N)ccn1)C(C)C. The van der Waals surface area contributed by atoms with Crippen LogP contribution < -0.4 is 10.6 Å². The van der Waals surface area contributed by atoms with Gasteiger partial charge in [-0.2, -0.15) is 0 Å². The minimum absolute atomic E-state index is 0.0670. The molecule has 1 atom stereocenters. The number of hydrogen-bond donors (Lipinski definition) is 1. The molecule has 0 bridgehead atoms. The Morgan fingerprint density at radius 1 is 1.38 bits per heavy atom. The zero-order valence-corrected chi connectivity index (χ0v) is 10.8. The van der Waals surface area contributed by atoms with Gasteiger partial charge in [-0.25, -0.2) is 4.98 Å². The van der Waals surface area contributed by atoms with Crippen molar-refractivity contribution in [3.63, 3.8) is 0 Å². The summed E-state index contributed by atoms with van der Waals surface area (Å²) < 4.78 is 0. The van der Waals surface area contributed by atoms with Gasteiger partial charge in [0.25, 0.3) is 0 Å². The van der Waals surface area contributed by atoms with E-state index in [-0.39, 0.29) is 6.04 Å². The lowest BCUT2D eigenvalue weighted by Gasteiger charge is -2.28. The van der Waals surface area contributed by atoms with Gasteiger partial charge in [0.15, 0.2) is 0 Å². The topological polar surface area (TPSA) is 42.1 Å². The number of anilines is 1. The molecule has 0 radical (unpaired) electrons. The first-order chi connectivity index (χ1) is 7.56. The summed E-state index contributed by atoms with van der Waals surface area (Å²) in [5.41, 5.74) is 7.03. The number of aromatic nitrogens is 1. The van der Waals surface area contributed by atoms with Crippen molar-refractivity contribution in [3.8, 4) is 0 Å². The Balaban J connectivity index is 2.95. The van der Waals surface area contributed by atoms with Crippen molar-refractivity contribution >= 4 is 5.82 Å². The molecule has 0 unspecified atom stereocenters. The van der Waals surface area contributed by atoms with Crippen LogP contribution in [0.3, 0.4) is 0 Å². The van der Waals surface area contributed by atoms with E-state index in [1.807, 2.05) is 19.2 Å². The molecule has 1 aromatic rings. The lowest BCUT2D eigenvalue weighted by molar-refractivity contribution is 0.660. The van der Waals surface area contributed by atoms with Gasteiger partial charge in [0.05, 0.1) is 0 Å². The average Bonchev–Trinajstić information content (AvgIpc) is 2.25. The molecule has 0 aromatic carbocycles. The fraction of sp³-hybridized carbons (Fsp3) is 0.615. The molecule has 2 N–H and O–H groups in total. The molecule has 0 aliphatic carbocycles. The first-order valence-corrected chi connectivity index (χ1v) is 6.04. The fourth-order valence-corrected chi connectivity index (χ4v) is 1.75. The number of hydrogen-bond acceptors (Lipinski definition) is 3. The van der Waals surface area contributed by atoms with Crippen molar-refractivity contribution in [1.29, 1.82) is 0 Å². The molecule has 1 heterocycles. The zero-order chi connectivity index (χ0) is 12.1. The Labute approximate surface area is 98.7 Å². The summed E-state index contributed by atoms with van der Waals surface area (Å²) in [6.07, 6.45) is 2.97. The van der Waals surface area contributed by atoms with Crippen molar-refractivity contribution in [1.82, 2.24) is 4.98 Å². The molecule has 1 rings (SSSR count). The maximum Gasteiger partial charge on any atom is 0.129 e. The third-order valence-electron chi connectivity index (χ3n) is 2.68. The highest BCUT2D eigenvalue weighted by Gasteiger charge is 2.11. The maximum absolute atomic E-state index is 5.89. The standard InChI is InChI=1S/C13H23N3/c1-5-8-16(10(2)3)13-9-12(11(4)14)6-7-15-13/h6-7,9-11H,5,8,14H2,1-4H3/t11-/m0/s1. The minimum Gasteiger partial charge on any atom is -0.354 e. The molecule has 90 valence electrons. The number of pyridine rings is 1. The molecule has 0 aliphatic rings. The second-order valence-corrected chi connectivity index (χ2v) is 4.52. The van der Waals surface area contributed by atoms with E-state index in [0.717, 1.165) is 24.3 Å². The highest BCUT2D eigenvalue weighted by molar-refractivity contribution is 5.42. The second-order valence-electron chi connectivity index (χ2n) is 4.52. The molecule has 0 spiro atoms. The van der Waals surface area contributed by atoms with Crippen molar-refractivity contribution in [3.05, 3.63) is 23.9 Å². The van der Waals surface area contributed by atoms with E-state index in [1.165, 1.54) is 0 Å². The lowest BCUT2D eigenvalue weighted by atomic mass is 10.1. The highest BCUT2D eigenvalue weighted by atomic mass is 15.2. The summed E-state index contributed by atoms with van der Waals surface area (Å²) in [6, 6.07) is 4.62. The molecule has 0 aliphatic heterocycles. The van der Waals surface area contributed by atoms with Gasteiger partial charge in [0.1, 0.15) is 5.82 Å². The van der Waals surface area contributed by atoms with Crippen molar-refractivity contribution in [2.75, 3.05) is 11.4 Å². The molecule has 0 saturated carbocycles. The molecular formula is C13H23N3. The van der Waals surface area contributed by atoms with Crippen LogP contribution in [0.5, 0.6) is 0 Å². The van der Waals surface area contributed by atoms with E-state index >= 15 is 0 Å². The number of rotatable bonds is 5. The Hall–Kier alpha value is -1.09. The van der Waals surface area contributed by atoms with Crippen molar-refractivity contribution in [2.24, 2.45) is 5.73 Å². The van der Waals surface area contributed by atoms with Gasteiger partial charge in [-0.15, -0.1) is 0 Å². The predicted octanol–water partition coefficient (Wildman–Crippen LogP) is 2.73. The van der Waals surface area contributed by atoms with Crippen LogP contribution in [0.25, 0.3) is 0 Å². The van der Waals surface area contributed by atoms with Gasteiger partial charge in [0, 0.05) is 24.8 Å². The summed E-state index contributed by atoms with van der Waals surface area (Å²) in [5.74, 6) is 1.03. The Kier molecular flexibility index (Phi) is 4.74. The van der Waals surface area contributed by atoms with E-state index in [2.05, 4.69) is 36.7 Å². The Morgan fingerprint density at radius 3 is 2.56 bits per heavy atom. The summed E-state index contributed by atoms with van der Waals surface area (Å²) in [6.45, 7) is 9.60. The highest BCUT2D eigenvalue weighted by Crippen LogP contribution is 2.18. The van der Waals surface area contributed by atoms with Crippen LogP contribution in [-0.4, -0.2) is 17.6 Å². The summed E-state index contributed by atoms with van der Waals surface area (Å²) in [5, 5.41) is 0. The molecular weight excluding hydrogens is 198 g/mol. The summed E-state index contributed by atoms with van der Waals surface area (Å²) >= 11 is 0. The maximum atomic E-state index is 5.89. The third kappa shape index (κ3) is 3.20. The minimum atomic E-state index is 0.0670. The molecule has 3 heteroatoms. The Bertz CT molecular complexity index is 321. The van der Waals surface area contributed by atoms with E-state index in [9.17, 15) is 0 Å². The predicted molar refractivity (Wildman–Crippen MR) is 69.6 cm³/mol. The van der Waals surface area contributed by atoms with Crippen molar-refractivity contribution in [2.45, 2.75) is 46.2 Å². The third-order valence-corrected chi connectivity index (χ3v) is 2.68. The van der Waals surface area contributed by atoms with Crippen LogP contribution in [0.15, 0.2) is 18.3 Å². The van der Waals surface area contributed by atoms with Gasteiger partial charge in [-0.3, -0.25) is 0 Å². The summed E-state index contributed by atoms with van der Waals surface area (Å²) in [4.78, 5) is 6.74. The van der Waals surface area contributed by atoms with E-state index in [4.69, 9.17) is 5.73 Å². The normalized spacial score (nSPS) is 12.9. The van der Waals surface area contributed by atoms with Gasteiger partial charge in [0.2, 0.25) is 0 Å². The van der Waals surface area contributed by atoms with Gasteiger partial charge in [-0.1, -0.05) is 6.92 Å². The van der Waals surface area contributed by atoms with E-state index in [0.29, 0.717) is 6.04 Å². The lowest BCUT2D eigenvalue weighted by Crippen LogP contribution is -2.32. The molecule has 1 aromatic heterocycles. The molecule has 0 amide bonds. The largest absolute Gasteiger partial charge is 0.354 e. The van der Waals surface area contributed by atoms with Gasteiger partial charge >= 0.3 is 0 Å². The first-order valence-electron chi connectivity index (χ1n) is 6.04. The van der Waals surface area contributed by atoms with Gasteiger partial charge in [-0.05, 0) is 44.9 Å². The smallest absolute Gasteiger partial charge is 0.129 e. The quantitative estimate of drug-likeness (QED) is 0.831. The van der Waals surface area contributed by atoms with E-state index < -0.39 is 0 Å². The number of nitrogens with two attached hydrogens (primary N) is 1. The van der Waals surface area contributed by atoms with Crippen LogP contribution in [0.2, 0.25) is 0 Å². The van der Waals surface area contributed by atoms with Crippen LogP contribution in [-0.2, 0) is 0 Å². The zero-order valence-electron chi connectivity index (χ0n) is 10.8. The van der Waals surface area contributed by atoms with Crippen LogP contribution in [0, 0.1) is 0 Å². The Morgan fingerprint density at radius 2 is 2.06 bits per heavy atom. The molecule has 0 fully saturated rings. The summed E-state index contributed by atoms with van der Waals surface area (Å²) in [7, 11) is 0. The number of nitrogens with zero attached hydrogens (tertiary/aromatic N) is 2. The first kappa shape index (κ1) is 13.0. The van der Waals surface area contributed by atoms with Crippen LogP contribution >= 0.6 is 0 Å². The second kappa shape index (κ2) is 5.85. The van der Waals surface area contributed by atoms with Crippen molar-refractivity contribution < 1.29 is 0 Å². The van der Waals surface area contributed by atoms with E-state index in [1.54, 1.807) is 0 Å².